The third kappa shape index (κ3) is 13.4. The van der Waals surface area contributed by atoms with Crippen LogP contribution in [-0.4, -0.2) is 0 Å². The number of nitrogens with zero attached hydrogens (tertiary/aromatic N) is 4. The highest BCUT2D eigenvalue weighted by Gasteiger charge is 2.42. The molecule has 0 saturated carbocycles. The van der Waals surface area contributed by atoms with Gasteiger partial charge in [-0.2, -0.15) is 0 Å². The van der Waals surface area contributed by atoms with Crippen molar-refractivity contribution in [3.05, 3.63) is 470 Å². The van der Waals surface area contributed by atoms with Crippen LogP contribution >= 0.6 is 0 Å². The van der Waals surface area contributed by atoms with Crippen molar-refractivity contribution in [3.8, 4) is 55.6 Å². The third-order valence-corrected chi connectivity index (χ3v) is 31.7. The van der Waals surface area contributed by atoms with Gasteiger partial charge in [0.1, 0.15) is 22.3 Å². The summed E-state index contributed by atoms with van der Waals surface area (Å²) in [6.07, 6.45) is 0. The molecule has 2 aliphatic carbocycles. The molecule has 0 radical (unpaired) electrons. The molecule has 146 heavy (non-hydrogen) atoms. The summed E-state index contributed by atoms with van der Waals surface area (Å²) in [5.41, 5.74) is 36.7. The van der Waals surface area contributed by atoms with Crippen molar-refractivity contribution >= 4 is 199 Å². The molecule has 0 saturated heterocycles. The number of para-hydroxylation sites is 10. The summed E-state index contributed by atoms with van der Waals surface area (Å²) in [6, 6.07) is 162. The quantitative estimate of drug-likeness (QED) is 0.101. The Hall–Kier alpha value is -17.7. The summed E-state index contributed by atoms with van der Waals surface area (Å²) in [5, 5.41) is 17.7. The van der Waals surface area contributed by atoms with Crippen LogP contribution in [-0.2, 0) is 21.7 Å². The van der Waals surface area contributed by atoms with Crippen molar-refractivity contribution < 1.29 is 17.7 Å². The maximum absolute atomic E-state index is 7.27. The minimum Gasteiger partial charge on any atom is -0.454 e. The second-order valence-electron chi connectivity index (χ2n) is 43.0. The number of rotatable bonds is 15. The standard InChI is InChI=1S/C138H102N4O4/c1-135(2,3)91-62-68-93(69-63-91)139(119-51-29-45-106-101-40-18-24-55-125(101)143-131(106)119)95-66-59-86-78-112-114(79-89(86)74-95)138(9,10)116-81-123(140(94-70-64-92(65-71-94)136(4,5)6)120-52-30-46-107-102-41-19-25-56-126(102)144-132(107)120)100-72-61-85(76-110(100)130(112)116)84-35-28-36-88(73-84)98-38-17-23-50-118(98)142(122-54-32-48-109-104-43-21-27-58-128(104)146-134(109)122)124-82-115-129(105-44-15-14-39-99(105)124)111-77-87-60-67-96(75-90(87)80-113(111)137(115,7)8)141(117-49-22-16-37-97(117)83-33-12-11-13-34-83)121-53-31-47-108-103-42-20-26-57-127(103)145-133(108)121/h11-82H,1-10H3. The van der Waals surface area contributed by atoms with E-state index in [0.29, 0.717) is 0 Å². The lowest BCUT2D eigenvalue weighted by Crippen LogP contribution is -2.17. The first-order valence-electron chi connectivity index (χ1n) is 50.9. The van der Waals surface area contributed by atoms with Gasteiger partial charge >= 0.3 is 0 Å². The van der Waals surface area contributed by atoms with E-state index >= 15 is 0 Å². The summed E-state index contributed by atoms with van der Waals surface area (Å²) in [7, 11) is 0. The zero-order valence-electron chi connectivity index (χ0n) is 83.0. The predicted octanol–water partition coefficient (Wildman–Crippen LogP) is 40.0. The monoisotopic (exact) mass is 1880 g/mol. The molecule has 28 rings (SSSR count). The summed E-state index contributed by atoms with van der Waals surface area (Å²) in [4.78, 5) is 9.80. The molecule has 0 unspecified atom stereocenters. The van der Waals surface area contributed by atoms with Crippen molar-refractivity contribution in [1.82, 2.24) is 0 Å². The molecule has 0 fully saturated rings. The van der Waals surface area contributed by atoms with Crippen LogP contribution in [0, 0.1) is 0 Å². The van der Waals surface area contributed by atoms with E-state index in [1.807, 2.05) is 0 Å². The largest absolute Gasteiger partial charge is 0.454 e. The Morgan fingerprint density at radius 2 is 0.514 bits per heavy atom. The predicted molar refractivity (Wildman–Crippen MR) is 613 cm³/mol. The lowest BCUT2D eigenvalue weighted by molar-refractivity contribution is 0.590. The smallest absolute Gasteiger partial charge is 0.159 e. The van der Waals surface area contributed by atoms with E-state index in [4.69, 9.17) is 17.7 Å². The highest BCUT2D eigenvalue weighted by molar-refractivity contribution is 6.20. The molecule has 4 heterocycles. The van der Waals surface area contributed by atoms with E-state index < -0.39 is 10.8 Å². The molecule has 0 atom stereocenters. The first-order chi connectivity index (χ1) is 71.2. The van der Waals surface area contributed by atoms with Crippen LogP contribution in [0.1, 0.15) is 103 Å². The summed E-state index contributed by atoms with van der Waals surface area (Å²) < 4.78 is 28.3. The molecule has 0 aliphatic heterocycles. The molecule has 4 aromatic heterocycles. The van der Waals surface area contributed by atoms with E-state index in [1.165, 1.54) is 61.0 Å². The number of hydrogen-bond acceptors (Lipinski definition) is 8. The van der Waals surface area contributed by atoms with E-state index in [2.05, 4.69) is 526 Å². The molecule has 2 aliphatic rings. The van der Waals surface area contributed by atoms with Crippen molar-refractivity contribution in [2.45, 2.75) is 90.9 Å². The van der Waals surface area contributed by atoms with Crippen molar-refractivity contribution in [1.29, 1.82) is 0 Å². The van der Waals surface area contributed by atoms with Crippen LogP contribution in [0.15, 0.2) is 454 Å². The molecule has 0 N–H and O–H groups in total. The van der Waals surface area contributed by atoms with E-state index in [-0.39, 0.29) is 10.8 Å². The van der Waals surface area contributed by atoms with Crippen LogP contribution in [0.4, 0.5) is 68.2 Å². The van der Waals surface area contributed by atoms with Gasteiger partial charge in [-0.15, -0.1) is 0 Å². The van der Waals surface area contributed by atoms with Gasteiger partial charge in [0.05, 0.1) is 45.5 Å². The number of benzene rings is 22. The third-order valence-electron chi connectivity index (χ3n) is 31.7. The van der Waals surface area contributed by atoms with Gasteiger partial charge in [0.2, 0.25) is 0 Å². The Labute approximate surface area is 847 Å². The highest BCUT2D eigenvalue weighted by atomic mass is 16.3. The van der Waals surface area contributed by atoms with Gasteiger partial charge in [0.25, 0.3) is 0 Å². The van der Waals surface area contributed by atoms with Crippen LogP contribution in [0.2, 0.25) is 0 Å². The van der Waals surface area contributed by atoms with Gasteiger partial charge in [-0.05, 0) is 279 Å². The molecule has 0 amide bonds. The van der Waals surface area contributed by atoms with Crippen molar-refractivity contribution in [2.24, 2.45) is 0 Å². The van der Waals surface area contributed by atoms with E-state index in [1.54, 1.807) is 0 Å². The second kappa shape index (κ2) is 32.4. The average molecular weight is 1880 g/mol. The van der Waals surface area contributed by atoms with Gasteiger partial charge in [0, 0.05) is 98.6 Å². The second-order valence-corrected chi connectivity index (χ2v) is 43.0. The molecular formula is C138H102N4O4. The van der Waals surface area contributed by atoms with Gasteiger partial charge in [-0.25, -0.2) is 0 Å². The fourth-order valence-corrected chi connectivity index (χ4v) is 24.3. The maximum atomic E-state index is 7.27. The van der Waals surface area contributed by atoms with Gasteiger partial charge in [0.15, 0.2) is 22.3 Å². The average Bonchev–Trinajstić information content (AvgIpc) is 1.54. The summed E-state index contributed by atoms with van der Waals surface area (Å²) in [6.45, 7) is 23.5. The molecule has 8 heteroatoms. The zero-order valence-corrected chi connectivity index (χ0v) is 83.0. The minimum atomic E-state index is -0.524. The topological polar surface area (TPSA) is 65.5 Å². The fourth-order valence-electron chi connectivity index (χ4n) is 24.3. The van der Waals surface area contributed by atoms with Crippen LogP contribution in [0.3, 0.4) is 0 Å². The first-order valence-corrected chi connectivity index (χ1v) is 50.9. The number of hydrogen-bond donors (Lipinski definition) is 0. The minimum absolute atomic E-state index is 0.0387. The number of anilines is 12. The Bertz CT molecular complexity index is 9940. The zero-order chi connectivity index (χ0) is 98.1. The summed E-state index contributed by atoms with van der Waals surface area (Å²) >= 11 is 0. The first kappa shape index (κ1) is 86.2. The number of fused-ring (bicyclic) bond motifs is 24. The van der Waals surface area contributed by atoms with Crippen LogP contribution in [0.5, 0.6) is 0 Å². The van der Waals surface area contributed by atoms with E-state index in [0.717, 1.165) is 227 Å². The van der Waals surface area contributed by atoms with Crippen molar-refractivity contribution in [2.75, 3.05) is 19.6 Å². The SMILES string of the molecule is CC(C)(C)c1ccc(N(c2ccc3cc4c(cc3c2)C(C)(C)c2cc(N(c3ccc(C(C)(C)C)cc3)c3cccc5c3oc3ccccc35)c3ccc(-c5cccc(-c6ccccc6N(c6cc7c(c8ccccc68)-c6cc8ccc(N(c9ccccc9-c9ccccc9)c9cccc%10c9oc9ccccc9%10)cc8cc6C7(C)C)c6cccc7c6oc6ccccc67)c5)cc3c2-4)c2cccc3c2oc2ccccc23)cc1. The van der Waals surface area contributed by atoms with Crippen LogP contribution in [0.25, 0.3) is 186 Å². The van der Waals surface area contributed by atoms with E-state index in [9.17, 15) is 0 Å². The van der Waals surface area contributed by atoms with Gasteiger partial charge < -0.3 is 37.3 Å². The molecule has 26 aromatic rings. The van der Waals surface area contributed by atoms with Crippen LogP contribution < -0.4 is 19.6 Å². The Morgan fingerprint density at radius 1 is 0.185 bits per heavy atom. The normalized spacial score (nSPS) is 13.2. The molecule has 22 aromatic carbocycles. The maximum Gasteiger partial charge on any atom is 0.159 e. The lowest BCUT2D eigenvalue weighted by Gasteiger charge is -2.31. The number of furan rings is 4. The molecule has 0 bridgehead atoms. The fraction of sp³-hybridized carbons (Fsp3) is 0.101. The Kier molecular flexibility index (Phi) is 19.1. The molecule has 698 valence electrons. The van der Waals surface area contributed by atoms with Crippen molar-refractivity contribution in [3.63, 3.8) is 0 Å². The Morgan fingerprint density at radius 3 is 0.993 bits per heavy atom. The molecule has 0 spiro atoms. The lowest BCUT2D eigenvalue weighted by atomic mass is 9.81. The summed E-state index contributed by atoms with van der Waals surface area (Å²) in [5.74, 6) is 0. The van der Waals surface area contributed by atoms with Gasteiger partial charge in [-0.1, -0.05) is 348 Å². The highest BCUT2D eigenvalue weighted by Crippen LogP contribution is 2.62. The Balaban J connectivity index is 0.617. The van der Waals surface area contributed by atoms with Gasteiger partial charge in [-0.3, -0.25) is 0 Å². The molecular weight excluding hydrogens is 1780 g/mol. The molecule has 8 nitrogen and oxygen atoms in total.